The number of esters is 1. The average Bonchev–Trinajstić information content (AvgIpc) is 3.80. The minimum atomic E-state index is -1.79. The number of rotatable bonds is 43. The van der Waals surface area contributed by atoms with Crippen molar-refractivity contribution < 1.29 is 74.5 Å². The number of hydrogen-bond acceptors (Lipinski definition) is 17. The molecule has 24 heteroatoms. The van der Waals surface area contributed by atoms with Gasteiger partial charge in [0.25, 0.3) is 0 Å². The van der Waals surface area contributed by atoms with Crippen LogP contribution in [0, 0.1) is 23.3 Å². The number of nitrogen functional groups attached to an aromatic ring is 1. The monoisotopic (exact) mass is 1220 g/mol. The third-order valence-corrected chi connectivity index (χ3v) is 13.0. The van der Waals surface area contributed by atoms with Crippen LogP contribution in [0.5, 0.6) is 5.75 Å². The van der Waals surface area contributed by atoms with Gasteiger partial charge in [0.05, 0.1) is 155 Å². The van der Waals surface area contributed by atoms with E-state index in [0.717, 1.165) is 95.8 Å². The highest BCUT2D eigenvalue weighted by molar-refractivity contribution is 9.10. The number of likely N-dealkylation sites (N-methyl/N-ethyl adjacent to an activating group) is 1. The first-order valence-corrected chi connectivity index (χ1v) is 28.6. The summed E-state index contributed by atoms with van der Waals surface area (Å²) in [4.78, 5) is 41.4. The molecular weight excluding hydrogens is 1140 g/mol. The van der Waals surface area contributed by atoms with Crippen molar-refractivity contribution in [1.29, 1.82) is 0 Å². The fraction of sp³-hybridized carbons (Fsp3) is 0.552. The number of nitrogens with one attached hydrogen (secondary N) is 2. The number of aromatic amines is 2. The van der Waals surface area contributed by atoms with Gasteiger partial charge in [0, 0.05) is 41.2 Å². The number of pyridine rings is 2. The van der Waals surface area contributed by atoms with Gasteiger partial charge in [-0.15, -0.1) is 0 Å². The molecule has 6 rings (SSSR count). The Bertz CT molecular complexity index is 2800. The fourth-order valence-electron chi connectivity index (χ4n) is 8.03. The van der Waals surface area contributed by atoms with Crippen molar-refractivity contribution in [2.75, 3.05) is 158 Å². The van der Waals surface area contributed by atoms with Gasteiger partial charge in [-0.2, -0.15) is 8.78 Å². The van der Waals surface area contributed by atoms with Gasteiger partial charge in [-0.1, -0.05) is 38.0 Å². The summed E-state index contributed by atoms with van der Waals surface area (Å²) in [7, 11) is 2.13. The Hall–Kier alpha value is -5.22. The molecule has 0 unspecified atom stereocenters. The van der Waals surface area contributed by atoms with Crippen LogP contribution in [-0.2, 0) is 65.0 Å². The Kier molecular flexibility index (Phi) is 33.1. The van der Waals surface area contributed by atoms with Crippen LogP contribution in [0.1, 0.15) is 56.8 Å². The zero-order valence-electron chi connectivity index (χ0n) is 47.0. The van der Waals surface area contributed by atoms with Crippen LogP contribution in [0.2, 0.25) is 0 Å². The Balaban J connectivity index is 0.000000899. The molecule has 454 valence electrons. The molecule has 0 amide bonds. The van der Waals surface area contributed by atoms with Gasteiger partial charge in [-0.25, -0.2) is 18.7 Å². The second kappa shape index (κ2) is 40.1. The summed E-state index contributed by atoms with van der Waals surface area (Å²) in [6, 6.07) is 13.4. The molecule has 0 fully saturated rings. The number of nitrogens with two attached hydrogens (primary N) is 1. The molecule has 0 aliphatic heterocycles. The number of halogens is 5. The van der Waals surface area contributed by atoms with E-state index < -0.39 is 41.4 Å². The first-order valence-electron chi connectivity index (χ1n) is 27.8. The van der Waals surface area contributed by atoms with Crippen LogP contribution in [0.4, 0.5) is 23.4 Å². The molecule has 0 saturated heterocycles. The summed E-state index contributed by atoms with van der Waals surface area (Å²) < 4.78 is 114. The third kappa shape index (κ3) is 24.9. The number of anilines is 1. The maximum absolute atomic E-state index is 13.6. The predicted octanol–water partition coefficient (Wildman–Crippen LogP) is 8.69. The zero-order valence-corrected chi connectivity index (χ0v) is 48.6. The Morgan fingerprint density at radius 2 is 1.13 bits per heavy atom. The van der Waals surface area contributed by atoms with Crippen molar-refractivity contribution in [3.05, 3.63) is 104 Å². The maximum atomic E-state index is 13.6. The Morgan fingerprint density at radius 1 is 0.610 bits per heavy atom. The molecule has 19 nitrogen and oxygen atoms in total. The topological polar surface area (TPSA) is 222 Å². The predicted molar refractivity (Wildman–Crippen MR) is 306 cm³/mol. The average molecular weight is 1220 g/mol. The molecule has 0 radical (unpaired) electrons. The molecule has 0 aliphatic carbocycles. The SMILES string of the molecule is CCCCc1nc2c([nH]1)c(N)nc1cccc(CCCCCN(C)CCOCCOCCOCCOCCOCCOCCOCCOCCOCCOCCC(=O)Oc3c(F)c(F)cc(F)c3F)c12.O=c1cc[nH]c2cccc(Br)c12. The van der Waals surface area contributed by atoms with Gasteiger partial charge in [0.1, 0.15) is 22.7 Å². The van der Waals surface area contributed by atoms with E-state index in [4.69, 9.17) is 58.1 Å². The minimum absolute atomic E-state index is 0.0204. The third-order valence-electron chi connectivity index (χ3n) is 12.3. The van der Waals surface area contributed by atoms with Crippen molar-refractivity contribution in [2.24, 2.45) is 0 Å². The van der Waals surface area contributed by atoms with E-state index in [0.29, 0.717) is 124 Å². The second-order valence-electron chi connectivity index (χ2n) is 18.6. The molecule has 3 aromatic heterocycles. The molecule has 4 N–H and O–H groups in total. The van der Waals surface area contributed by atoms with E-state index >= 15 is 0 Å². The van der Waals surface area contributed by atoms with Crippen LogP contribution in [0.25, 0.3) is 32.8 Å². The molecule has 0 atom stereocenters. The number of ether oxygens (including phenoxy) is 11. The quantitative estimate of drug-likeness (QED) is 0.0107. The molecule has 82 heavy (non-hydrogen) atoms. The number of H-pyrrole nitrogens is 2. The number of fused-ring (bicyclic) bond motifs is 4. The number of nitrogens with zero attached hydrogens (tertiary/aromatic N) is 3. The van der Waals surface area contributed by atoms with E-state index in [1.54, 1.807) is 6.20 Å². The summed E-state index contributed by atoms with van der Waals surface area (Å²) in [5.74, 6) is -8.00. The zero-order chi connectivity index (χ0) is 58.6. The van der Waals surface area contributed by atoms with E-state index in [9.17, 15) is 27.2 Å². The summed E-state index contributed by atoms with van der Waals surface area (Å²) in [6.45, 7) is 12.0. The summed E-state index contributed by atoms with van der Waals surface area (Å²) in [5, 5.41) is 1.83. The fourth-order valence-corrected chi connectivity index (χ4v) is 8.59. The lowest BCUT2D eigenvalue weighted by atomic mass is 10.0. The van der Waals surface area contributed by atoms with Crippen molar-refractivity contribution >= 4 is 60.6 Å². The number of hydrogen-bond donors (Lipinski definition) is 3. The van der Waals surface area contributed by atoms with Crippen molar-refractivity contribution in [3.8, 4) is 5.75 Å². The highest BCUT2D eigenvalue weighted by Gasteiger charge is 2.23. The van der Waals surface area contributed by atoms with Crippen molar-refractivity contribution in [3.63, 3.8) is 0 Å². The lowest BCUT2D eigenvalue weighted by Crippen LogP contribution is -2.25. The van der Waals surface area contributed by atoms with Crippen LogP contribution < -0.4 is 15.9 Å². The van der Waals surface area contributed by atoms with Gasteiger partial charge in [-0.05, 0) is 79.0 Å². The van der Waals surface area contributed by atoms with Crippen molar-refractivity contribution in [1.82, 2.24) is 24.8 Å². The van der Waals surface area contributed by atoms with E-state index in [1.807, 2.05) is 24.3 Å². The van der Waals surface area contributed by atoms with Gasteiger partial charge < -0.3 is 72.7 Å². The van der Waals surface area contributed by atoms with E-state index in [-0.39, 0.29) is 31.3 Å². The smallest absolute Gasteiger partial charge is 0.313 e. The lowest BCUT2D eigenvalue weighted by molar-refractivity contribution is -0.136. The molecule has 0 spiro atoms. The number of imidazole rings is 1. The van der Waals surface area contributed by atoms with E-state index in [2.05, 4.69) is 66.6 Å². The van der Waals surface area contributed by atoms with Crippen LogP contribution in [0.3, 0.4) is 0 Å². The number of carbonyl (C=O) groups excluding carboxylic acids is 1. The minimum Gasteiger partial charge on any atom is -0.420 e. The standard InChI is InChI=1S/C49H73F4N5O12.C9H6BrNO/c1-3-4-12-41-56-46-43-37(10-8-11-40(43)55-49(54)47(46)57-41)9-6-5-7-14-58(2)15-17-61-19-21-63-23-25-65-27-29-67-31-33-69-35-34-68-32-30-66-28-26-64-24-22-62-20-18-60-16-13-42(59)70-48-44(52)38(50)36-39(51)45(48)53;10-6-2-1-3-7-9(6)8(12)4-5-11-7/h8,10-11,36H,3-7,9,12-35H2,1-2H3,(H2,54,55)(H,56,57);1-5H,(H,11,12). The van der Waals surface area contributed by atoms with Gasteiger partial charge >= 0.3 is 5.97 Å². The Morgan fingerprint density at radius 3 is 1.67 bits per heavy atom. The summed E-state index contributed by atoms with van der Waals surface area (Å²) in [6.07, 6.45) is 8.71. The second-order valence-corrected chi connectivity index (χ2v) is 19.4. The number of aromatic nitrogens is 4. The van der Waals surface area contributed by atoms with Crippen LogP contribution in [-0.4, -0.2) is 183 Å². The molecule has 3 aromatic carbocycles. The maximum Gasteiger partial charge on any atom is 0.313 e. The highest BCUT2D eigenvalue weighted by atomic mass is 79.9. The number of aryl methyl sites for hydroxylation is 2. The van der Waals surface area contributed by atoms with Gasteiger partial charge in [0.2, 0.25) is 17.4 Å². The summed E-state index contributed by atoms with van der Waals surface area (Å²) >= 11 is 3.33. The lowest BCUT2D eigenvalue weighted by Gasteiger charge is -2.16. The molecule has 6 aromatic rings. The van der Waals surface area contributed by atoms with E-state index in [1.165, 1.54) is 11.6 Å². The van der Waals surface area contributed by atoms with Crippen LogP contribution >= 0.6 is 15.9 Å². The molecular formula is C58H79BrF4N6O13. The number of unbranched alkanes of at least 4 members (excludes halogenated alkanes) is 3. The molecule has 0 aliphatic rings. The van der Waals surface area contributed by atoms with Crippen LogP contribution in [0.15, 0.2) is 64.0 Å². The number of benzene rings is 3. The highest BCUT2D eigenvalue weighted by Crippen LogP contribution is 2.31. The Labute approximate surface area is 484 Å². The van der Waals surface area contributed by atoms with Gasteiger partial charge in [0.15, 0.2) is 17.1 Å². The van der Waals surface area contributed by atoms with Crippen molar-refractivity contribution in [2.45, 2.75) is 58.3 Å². The first-order chi connectivity index (χ1) is 40.0. The largest absolute Gasteiger partial charge is 0.420 e. The molecule has 3 heterocycles. The first kappa shape index (κ1) is 67.6. The molecule has 0 saturated carbocycles. The molecule has 0 bridgehead atoms. The normalized spacial score (nSPS) is 11.6. The summed E-state index contributed by atoms with van der Waals surface area (Å²) in [5.41, 5.74) is 11.2. The number of carbonyl (C=O) groups is 1. The van der Waals surface area contributed by atoms with Gasteiger partial charge in [-0.3, -0.25) is 9.59 Å².